The first-order valence-electron chi connectivity index (χ1n) is 8.39. The van der Waals surface area contributed by atoms with E-state index in [2.05, 4.69) is 22.4 Å². The van der Waals surface area contributed by atoms with Gasteiger partial charge in [0.05, 0.1) is 27.4 Å². The number of fused-ring (bicyclic) bond motifs is 3. The van der Waals surface area contributed by atoms with E-state index in [1.165, 1.54) is 16.6 Å². The molecule has 0 bridgehead atoms. The third kappa shape index (κ3) is 2.61. The molecule has 1 aromatic heterocycles. The molecule has 0 saturated carbocycles. The monoisotopic (exact) mass is 338 g/mol. The van der Waals surface area contributed by atoms with Crippen LogP contribution in [0.1, 0.15) is 22.9 Å². The van der Waals surface area contributed by atoms with E-state index in [9.17, 15) is 0 Å². The molecule has 2 heterocycles. The Bertz CT molecular complexity index is 917. The van der Waals surface area contributed by atoms with Crippen LogP contribution in [-0.2, 0) is 6.42 Å². The first-order valence-corrected chi connectivity index (χ1v) is 8.39. The molecule has 2 aromatic carbocycles. The van der Waals surface area contributed by atoms with E-state index < -0.39 is 0 Å². The summed E-state index contributed by atoms with van der Waals surface area (Å²) >= 11 is 0. The second-order valence-corrected chi connectivity index (χ2v) is 6.17. The number of aromatic amines is 1. The van der Waals surface area contributed by atoms with E-state index in [-0.39, 0.29) is 6.04 Å². The van der Waals surface area contributed by atoms with Gasteiger partial charge in [0.2, 0.25) is 0 Å². The first kappa shape index (κ1) is 15.8. The molecule has 1 atom stereocenters. The number of hydrogen-bond donors (Lipinski definition) is 2. The van der Waals surface area contributed by atoms with Crippen LogP contribution in [0.3, 0.4) is 0 Å². The zero-order valence-corrected chi connectivity index (χ0v) is 14.7. The number of hydrogen-bond acceptors (Lipinski definition) is 4. The molecule has 1 aliphatic rings. The van der Waals surface area contributed by atoms with E-state index >= 15 is 0 Å². The molecule has 1 aliphatic heterocycles. The van der Waals surface area contributed by atoms with E-state index in [0.717, 1.165) is 41.3 Å². The van der Waals surface area contributed by atoms with Crippen molar-refractivity contribution in [3.63, 3.8) is 0 Å². The average Bonchev–Trinajstić information content (AvgIpc) is 3.05. The van der Waals surface area contributed by atoms with Gasteiger partial charge in [0.1, 0.15) is 17.2 Å². The maximum absolute atomic E-state index is 5.59. The number of benzene rings is 2. The normalized spacial score (nSPS) is 16.5. The summed E-state index contributed by atoms with van der Waals surface area (Å²) in [5, 5.41) is 4.83. The molecule has 4 rings (SSSR count). The lowest BCUT2D eigenvalue weighted by molar-refractivity contribution is 0.392. The SMILES string of the molecule is COc1ccc(OC)c(C2NCCc3c2[nH]c2ccc(OC)cc32)c1. The Morgan fingerprint density at radius 2 is 1.68 bits per heavy atom. The minimum atomic E-state index is 0.0344. The summed E-state index contributed by atoms with van der Waals surface area (Å²) in [5.41, 5.74) is 4.71. The second-order valence-electron chi connectivity index (χ2n) is 6.17. The summed E-state index contributed by atoms with van der Waals surface area (Å²) in [4.78, 5) is 3.59. The Hall–Kier alpha value is -2.66. The highest BCUT2D eigenvalue weighted by atomic mass is 16.5. The highest BCUT2D eigenvalue weighted by Crippen LogP contribution is 2.39. The fraction of sp³-hybridized carbons (Fsp3) is 0.300. The number of rotatable bonds is 4. The summed E-state index contributed by atoms with van der Waals surface area (Å²) in [6.07, 6.45) is 0.977. The lowest BCUT2D eigenvalue weighted by Crippen LogP contribution is -2.30. The minimum Gasteiger partial charge on any atom is -0.497 e. The Morgan fingerprint density at radius 1 is 0.920 bits per heavy atom. The van der Waals surface area contributed by atoms with Gasteiger partial charge in [0.15, 0.2) is 0 Å². The number of methoxy groups -OCH3 is 3. The minimum absolute atomic E-state index is 0.0344. The zero-order valence-electron chi connectivity index (χ0n) is 14.7. The summed E-state index contributed by atoms with van der Waals surface area (Å²) < 4.78 is 16.4. The molecule has 5 heteroatoms. The van der Waals surface area contributed by atoms with Crippen molar-refractivity contribution < 1.29 is 14.2 Å². The summed E-state index contributed by atoms with van der Waals surface area (Å²) in [6.45, 7) is 0.905. The lowest BCUT2D eigenvalue weighted by atomic mass is 9.93. The van der Waals surface area contributed by atoms with Gasteiger partial charge in [-0.1, -0.05) is 0 Å². The molecule has 0 radical (unpaired) electrons. The van der Waals surface area contributed by atoms with Crippen LogP contribution in [0.25, 0.3) is 10.9 Å². The molecule has 1 unspecified atom stereocenters. The van der Waals surface area contributed by atoms with Crippen molar-refractivity contribution in [1.82, 2.24) is 10.3 Å². The Kier molecular flexibility index (Phi) is 4.01. The molecular weight excluding hydrogens is 316 g/mol. The average molecular weight is 338 g/mol. The van der Waals surface area contributed by atoms with Gasteiger partial charge in [0.25, 0.3) is 0 Å². The van der Waals surface area contributed by atoms with Gasteiger partial charge in [-0.05, 0) is 48.4 Å². The van der Waals surface area contributed by atoms with Crippen LogP contribution in [0.4, 0.5) is 0 Å². The highest BCUT2D eigenvalue weighted by Gasteiger charge is 2.27. The fourth-order valence-electron chi connectivity index (χ4n) is 3.66. The van der Waals surface area contributed by atoms with Crippen LogP contribution < -0.4 is 19.5 Å². The highest BCUT2D eigenvalue weighted by molar-refractivity contribution is 5.86. The van der Waals surface area contributed by atoms with E-state index in [0.29, 0.717) is 0 Å². The number of nitrogens with one attached hydrogen (secondary N) is 2. The van der Waals surface area contributed by atoms with Gasteiger partial charge in [-0.25, -0.2) is 0 Å². The lowest BCUT2D eigenvalue weighted by Gasteiger charge is -2.26. The molecule has 0 fully saturated rings. The third-order valence-corrected chi connectivity index (χ3v) is 4.91. The van der Waals surface area contributed by atoms with Gasteiger partial charge in [0, 0.05) is 28.7 Å². The van der Waals surface area contributed by atoms with Crippen molar-refractivity contribution in [2.24, 2.45) is 0 Å². The van der Waals surface area contributed by atoms with Gasteiger partial charge in [-0.3, -0.25) is 0 Å². The molecule has 0 spiro atoms. The topological polar surface area (TPSA) is 55.5 Å². The Balaban J connectivity index is 1.88. The van der Waals surface area contributed by atoms with E-state index in [1.807, 2.05) is 24.3 Å². The van der Waals surface area contributed by atoms with Crippen LogP contribution in [0.15, 0.2) is 36.4 Å². The first-order chi connectivity index (χ1) is 12.2. The summed E-state index contributed by atoms with van der Waals surface area (Å²) in [7, 11) is 5.08. The molecule has 2 N–H and O–H groups in total. The molecule has 0 aliphatic carbocycles. The van der Waals surface area contributed by atoms with Gasteiger partial charge < -0.3 is 24.5 Å². The number of ether oxygens (including phenoxy) is 3. The van der Waals surface area contributed by atoms with Gasteiger partial charge in [-0.2, -0.15) is 0 Å². The molecular formula is C20H22N2O3. The molecule has 25 heavy (non-hydrogen) atoms. The van der Waals surface area contributed by atoms with Crippen molar-refractivity contribution in [2.75, 3.05) is 27.9 Å². The van der Waals surface area contributed by atoms with E-state index in [4.69, 9.17) is 14.2 Å². The van der Waals surface area contributed by atoms with Crippen molar-refractivity contribution in [2.45, 2.75) is 12.5 Å². The van der Waals surface area contributed by atoms with E-state index in [1.54, 1.807) is 21.3 Å². The largest absolute Gasteiger partial charge is 0.497 e. The van der Waals surface area contributed by atoms with Crippen LogP contribution >= 0.6 is 0 Å². The number of aromatic nitrogens is 1. The van der Waals surface area contributed by atoms with Crippen molar-refractivity contribution in [3.05, 3.63) is 53.2 Å². The second kappa shape index (κ2) is 6.33. The molecule has 0 saturated heterocycles. The molecule has 5 nitrogen and oxygen atoms in total. The standard InChI is InChI=1S/C20H22N2O3/c1-23-12-4-6-17-15(10-12)14-8-9-21-19(20(14)22-17)16-11-13(24-2)5-7-18(16)25-3/h4-7,10-11,19,21-22H,8-9H2,1-3H3. The van der Waals surface area contributed by atoms with Gasteiger partial charge in [-0.15, -0.1) is 0 Å². The molecule has 3 aromatic rings. The van der Waals surface area contributed by atoms with Crippen molar-refractivity contribution >= 4 is 10.9 Å². The quantitative estimate of drug-likeness (QED) is 0.765. The smallest absolute Gasteiger partial charge is 0.124 e. The zero-order chi connectivity index (χ0) is 17.4. The molecule has 0 amide bonds. The summed E-state index contributed by atoms with van der Waals surface area (Å²) in [5.74, 6) is 2.55. The van der Waals surface area contributed by atoms with Crippen molar-refractivity contribution in [1.29, 1.82) is 0 Å². The summed E-state index contributed by atoms with van der Waals surface area (Å²) in [6, 6.07) is 12.1. The predicted octanol–water partition coefficient (Wildman–Crippen LogP) is 3.43. The fourth-order valence-corrected chi connectivity index (χ4v) is 3.66. The van der Waals surface area contributed by atoms with Crippen LogP contribution in [0, 0.1) is 0 Å². The number of H-pyrrole nitrogens is 1. The predicted molar refractivity (Wildman–Crippen MR) is 97.9 cm³/mol. The van der Waals surface area contributed by atoms with Crippen LogP contribution in [0.2, 0.25) is 0 Å². The third-order valence-electron chi connectivity index (χ3n) is 4.91. The molecule has 130 valence electrons. The Morgan fingerprint density at radius 3 is 2.44 bits per heavy atom. The van der Waals surface area contributed by atoms with Crippen LogP contribution in [0.5, 0.6) is 17.2 Å². The van der Waals surface area contributed by atoms with Gasteiger partial charge >= 0.3 is 0 Å². The van der Waals surface area contributed by atoms with Crippen LogP contribution in [-0.4, -0.2) is 32.9 Å². The maximum atomic E-state index is 5.59. The Labute approximate surface area is 146 Å². The maximum Gasteiger partial charge on any atom is 0.124 e. The van der Waals surface area contributed by atoms with Crippen molar-refractivity contribution in [3.8, 4) is 17.2 Å².